The maximum absolute atomic E-state index is 13.1. The summed E-state index contributed by atoms with van der Waals surface area (Å²) < 4.78 is 11.4. The number of phenolic OH excluding ortho intramolecular Hbond substituents is 1. The van der Waals surface area contributed by atoms with Crippen molar-refractivity contribution in [2.75, 3.05) is 23.4 Å². The number of rotatable bonds is 8. The van der Waals surface area contributed by atoms with Gasteiger partial charge >= 0.3 is 6.03 Å². The van der Waals surface area contributed by atoms with Crippen molar-refractivity contribution in [2.45, 2.75) is 20.8 Å². The number of urea groups is 1. The van der Waals surface area contributed by atoms with Gasteiger partial charge in [-0.15, -0.1) is 0 Å². The van der Waals surface area contributed by atoms with Crippen LogP contribution >= 0.6 is 0 Å². The van der Waals surface area contributed by atoms with E-state index < -0.39 is 17.8 Å². The van der Waals surface area contributed by atoms with E-state index in [0.29, 0.717) is 29.4 Å². The van der Waals surface area contributed by atoms with Gasteiger partial charge in [0.2, 0.25) is 0 Å². The van der Waals surface area contributed by atoms with Gasteiger partial charge in [0.15, 0.2) is 18.1 Å². The first-order valence-electron chi connectivity index (χ1n) is 12.1. The van der Waals surface area contributed by atoms with Crippen LogP contribution in [-0.4, -0.2) is 42.1 Å². The summed E-state index contributed by atoms with van der Waals surface area (Å²) in [6.45, 7) is 5.69. The van der Waals surface area contributed by atoms with Crippen LogP contribution in [0.15, 0.2) is 66.2 Å². The predicted molar refractivity (Wildman–Crippen MR) is 145 cm³/mol. The maximum atomic E-state index is 13.1. The van der Waals surface area contributed by atoms with Crippen molar-refractivity contribution in [1.82, 2.24) is 5.32 Å². The van der Waals surface area contributed by atoms with Crippen LogP contribution in [0.1, 0.15) is 23.6 Å². The minimum absolute atomic E-state index is 0.0380. The van der Waals surface area contributed by atoms with Gasteiger partial charge in [-0.3, -0.25) is 19.7 Å². The number of hydrogen-bond acceptors (Lipinski definition) is 7. The number of aryl methyl sites for hydroxylation is 1. The monoisotopic (exact) mass is 529 g/mol. The molecule has 1 heterocycles. The summed E-state index contributed by atoms with van der Waals surface area (Å²) in [7, 11) is 0. The minimum Gasteiger partial charge on any atom is -0.508 e. The predicted octanol–water partition coefficient (Wildman–Crippen LogP) is 4.09. The molecule has 10 heteroatoms. The second kappa shape index (κ2) is 11.5. The number of anilines is 2. The van der Waals surface area contributed by atoms with Gasteiger partial charge in [0, 0.05) is 5.69 Å². The number of carbonyl (C=O) groups is 4. The molecular formula is C29H27N3O7. The van der Waals surface area contributed by atoms with Gasteiger partial charge < -0.3 is 19.9 Å². The largest absolute Gasteiger partial charge is 0.508 e. The molecular weight excluding hydrogens is 502 g/mol. The fraction of sp³-hybridized carbons (Fsp3) is 0.172. The summed E-state index contributed by atoms with van der Waals surface area (Å²) in [4.78, 5) is 51.3. The van der Waals surface area contributed by atoms with Crippen molar-refractivity contribution < 1.29 is 33.8 Å². The molecule has 0 aliphatic carbocycles. The average Bonchev–Trinajstić information content (AvgIpc) is 2.90. The number of carbonyl (C=O) groups excluding carboxylic acids is 4. The van der Waals surface area contributed by atoms with Gasteiger partial charge in [-0.2, -0.15) is 0 Å². The van der Waals surface area contributed by atoms with Crippen LogP contribution in [0.3, 0.4) is 0 Å². The van der Waals surface area contributed by atoms with Crippen molar-refractivity contribution in [3.63, 3.8) is 0 Å². The highest BCUT2D eigenvalue weighted by Gasteiger charge is 2.36. The molecule has 0 bridgehead atoms. The molecule has 3 N–H and O–H groups in total. The Balaban J connectivity index is 1.53. The normalized spacial score (nSPS) is 14.3. The zero-order chi connectivity index (χ0) is 28.1. The molecule has 10 nitrogen and oxygen atoms in total. The van der Waals surface area contributed by atoms with Gasteiger partial charge in [0.05, 0.1) is 12.3 Å². The van der Waals surface area contributed by atoms with Gasteiger partial charge in [-0.25, -0.2) is 9.69 Å². The second-order valence-electron chi connectivity index (χ2n) is 8.70. The average molecular weight is 530 g/mol. The van der Waals surface area contributed by atoms with Crippen molar-refractivity contribution in [3.8, 4) is 17.2 Å². The zero-order valence-electron chi connectivity index (χ0n) is 21.6. The van der Waals surface area contributed by atoms with E-state index in [1.54, 1.807) is 25.1 Å². The number of ether oxygens (including phenoxy) is 2. The molecule has 5 amide bonds. The lowest BCUT2D eigenvalue weighted by Crippen LogP contribution is -2.54. The Morgan fingerprint density at radius 3 is 2.46 bits per heavy atom. The van der Waals surface area contributed by atoms with Gasteiger partial charge in [-0.05, 0) is 86.0 Å². The molecule has 1 fully saturated rings. The first-order chi connectivity index (χ1) is 18.7. The minimum atomic E-state index is -0.897. The molecule has 200 valence electrons. The van der Waals surface area contributed by atoms with Crippen LogP contribution in [0.25, 0.3) is 6.08 Å². The third kappa shape index (κ3) is 6.07. The van der Waals surface area contributed by atoms with E-state index in [-0.39, 0.29) is 29.5 Å². The number of nitrogens with zero attached hydrogens (tertiary/aromatic N) is 1. The van der Waals surface area contributed by atoms with Crippen molar-refractivity contribution in [1.29, 1.82) is 0 Å². The first-order valence-corrected chi connectivity index (χ1v) is 12.1. The van der Waals surface area contributed by atoms with Gasteiger partial charge in [0.25, 0.3) is 17.7 Å². The summed E-state index contributed by atoms with van der Waals surface area (Å²) in [6.07, 6.45) is 1.33. The van der Waals surface area contributed by atoms with Crippen LogP contribution in [-0.2, 0) is 14.4 Å². The first kappa shape index (κ1) is 26.9. The molecule has 0 radical (unpaired) electrons. The number of amides is 5. The van der Waals surface area contributed by atoms with E-state index >= 15 is 0 Å². The summed E-state index contributed by atoms with van der Waals surface area (Å²) in [5.74, 6) is -1.45. The number of phenols is 1. The zero-order valence-corrected chi connectivity index (χ0v) is 21.6. The molecule has 1 saturated heterocycles. The van der Waals surface area contributed by atoms with E-state index in [2.05, 4.69) is 10.6 Å². The maximum Gasteiger partial charge on any atom is 0.335 e. The van der Waals surface area contributed by atoms with Crippen molar-refractivity contribution >= 4 is 41.2 Å². The summed E-state index contributed by atoms with van der Waals surface area (Å²) >= 11 is 0. The highest BCUT2D eigenvalue weighted by Crippen LogP contribution is 2.31. The number of imide groups is 2. The van der Waals surface area contributed by atoms with Crippen LogP contribution in [0.4, 0.5) is 16.2 Å². The van der Waals surface area contributed by atoms with Crippen molar-refractivity contribution in [2.24, 2.45) is 0 Å². The molecule has 0 atom stereocenters. The van der Waals surface area contributed by atoms with E-state index in [9.17, 15) is 24.3 Å². The SMILES string of the molecule is CCOc1cc(/C=C2/C(=O)NC(=O)N(c3ccc(O)cc3)C2=O)ccc1OCC(=O)Nc1cccc(C)c1C. The van der Waals surface area contributed by atoms with Crippen LogP contribution in [0, 0.1) is 13.8 Å². The highest BCUT2D eigenvalue weighted by atomic mass is 16.5. The Hall–Kier alpha value is -5.12. The molecule has 0 aromatic heterocycles. The fourth-order valence-electron chi connectivity index (χ4n) is 3.88. The number of barbiturate groups is 1. The molecule has 0 saturated carbocycles. The van der Waals surface area contributed by atoms with Crippen LogP contribution in [0.5, 0.6) is 17.2 Å². The number of hydrogen-bond donors (Lipinski definition) is 3. The molecule has 3 aromatic carbocycles. The van der Waals surface area contributed by atoms with E-state index in [1.807, 2.05) is 32.0 Å². The summed E-state index contributed by atoms with van der Waals surface area (Å²) in [5, 5.41) is 14.5. The molecule has 3 aromatic rings. The molecule has 1 aliphatic heterocycles. The Morgan fingerprint density at radius 2 is 1.74 bits per heavy atom. The third-order valence-corrected chi connectivity index (χ3v) is 6.03. The number of nitrogens with one attached hydrogen (secondary N) is 2. The van der Waals surface area contributed by atoms with E-state index in [4.69, 9.17) is 9.47 Å². The second-order valence-corrected chi connectivity index (χ2v) is 8.70. The van der Waals surface area contributed by atoms with Gasteiger partial charge in [0.1, 0.15) is 11.3 Å². The standard InChI is InChI=1S/C29H27N3O7/c1-4-38-25-15-19(8-13-24(25)39-16-26(34)30-23-7-5-6-17(2)18(23)3)14-22-27(35)31-29(37)32(28(22)36)20-9-11-21(33)12-10-20/h5-15,33H,4,16H2,1-3H3,(H,30,34)(H,31,35,37)/b22-14-. The lowest BCUT2D eigenvalue weighted by molar-refractivity contribution is -0.122. The Labute approximate surface area is 224 Å². The summed E-state index contributed by atoms with van der Waals surface area (Å²) in [5.41, 5.74) is 3.07. The smallest absolute Gasteiger partial charge is 0.335 e. The molecule has 0 unspecified atom stereocenters. The highest BCUT2D eigenvalue weighted by molar-refractivity contribution is 6.39. The van der Waals surface area contributed by atoms with Gasteiger partial charge in [-0.1, -0.05) is 18.2 Å². The Kier molecular flexibility index (Phi) is 7.95. The Bertz CT molecular complexity index is 1480. The number of aromatic hydroxyl groups is 1. The van der Waals surface area contributed by atoms with Crippen LogP contribution < -0.4 is 25.0 Å². The van der Waals surface area contributed by atoms with E-state index in [0.717, 1.165) is 16.0 Å². The van der Waals surface area contributed by atoms with Crippen LogP contribution in [0.2, 0.25) is 0 Å². The lowest BCUT2D eigenvalue weighted by atomic mass is 10.1. The Morgan fingerprint density at radius 1 is 1.00 bits per heavy atom. The van der Waals surface area contributed by atoms with Crippen molar-refractivity contribution in [3.05, 3.63) is 82.9 Å². The molecule has 4 rings (SSSR count). The number of benzene rings is 3. The fourth-order valence-corrected chi connectivity index (χ4v) is 3.88. The lowest BCUT2D eigenvalue weighted by Gasteiger charge is -2.26. The topological polar surface area (TPSA) is 134 Å². The molecule has 39 heavy (non-hydrogen) atoms. The summed E-state index contributed by atoms with van der Waals surface area (Å²) in [6, 6.07) is 14.9. The van der Waals surface area contributed by atoms with E-state index in [1.165, 1.54) is 30.3 Å². The molecule has 1 aliphatic rings. The molecule has 0 spiro atoms. The quantitative estimate of drug-likeness (QED) is 0.296. The third-order valence-electron chi connectivity index (χ3n) is 6.03.